The molecular formula is C48H30O. The maximum atomic E-state index is 9.25. The molecule has 0 amide bonds. The number of rotatable bonds is 4. The molecule has 0 spiro atoms. The number of hydrogen-bond donors (Lipinski definition) is 0. The molecule has 0 saturated heterocycles. The van der Waals surface area contributed by atoms with Gasteiger partial charge in [-0.2, -0.15) is 0 Å². The van der Waals surface area contributed by atoms with Crippen LogP contribution in [0.5, 0.6) is 0 Å². The average molecular weight is 636 g/mol. The van der Waals surface area contributed by atoms with Crippen LogP contribution >= 0.6 is 0 Å². The highest BCUT2D eigenvalue weighted by Crippen LogP contribution is 2.44. The van der Waals surface area contributed by atoms with E-state index in [0.29, 0.717) is 5.56 Å². The van der Waals surface area contributed by atoms with Crippen LogP contribution in [0, 0.1) is 0 Å². The summed E-state index contributed by atoms with van der Waals surface area (Å²) in [6.07, 6.45) is 0. The van der Waals surface area contributed by atoms with Gasteiger partial charge in [0, 0.05) is 10.8 Å². The lowest BCUT2D eigenvalue weighted by molar-refractivity contribution is 0.669. The lowest BCUT2D eigenvalue weighted by atomic mass is 9.85. The molecule has 0 unspecified atom stereocenters. The summed E-state index contributed by atoms with van der Waals surface area (Å²) in [7, 11) is 0. The monoisotopic (exact) mass is 635 g/mol. The summed E-state index contributed by atoms with van der Waals surface area (Å²) in [4.78, 5) is 0. The second-order valence-corrected chi connectivity index (χ2v) is 11.9. The van der Waals surface area contributed by atoms with E-state index < -0.39 is 84.1 Å². The Morgan fingerprint density at radius 3 is 1.63 bits per heavy atom. The third-order valence-electron chi connectivity index (χ3n) is 9.17. The average Bonchev–Trinajstić information content (AvgIpc) is 3.67. The molecule has 228 valence electrons. The van der Waals surface area contributed by atoms with Crippen molar-refractivity contribution in [3.8, 4) is 44.5 Å². The lowest BCUT2D eigenvalue weighted by Gasteiger charge is -2.18. The van der Waals surface area contributed by atoms with Gasteiger partial charge in [0.1, 0.15) is 11.2 Å². The van der Waals surface area contributed by atoms with Gasteiger partial charge in [-0.05, 0) is 107 Å². The van der Waals surface area contributed by atoms with Crippen molar-refractivity contribution in [3.63, 3.8) is 0 Å². The molecule has 1 nitrogen and oxygen atoms in total. The predicted molar refractivity (Wildman–Crippen MR) is 208 cm³/mol. The molecule has 9 aromatic carbocycles. The fourth-order valence-electron chi connectivity index (χ4n) is 6.98. The van der Waals surface area contributed by atoms with E-state index in [4.69, 9.17) is 16.8 Å². The van der Waals surface area contributed by atoms with Crippen molar-refractivity contribution in [1.29, 1.82) is 0 Å². The molecule has 0 aliphatic heterocycles. The van der Waals surface area contributed by atoms with Gasteiger partial charge in [0.25, 0.3) is 0 Å². The molecule has 0 fully saturated rings. The summed E-state index contributed by atoms with van der Waals surface area (Å²) in [6, 6.07) is 25.2. The van der Waals surface area contributed by atoms with Gasteiger partial charge in [-0.1, -0.05) is 151 Å². The third-order valence-corrected chi connectivity index (χ3v) is 9.17. The molecule has 0 atom stereocenters. The molecule has 0 N–H and O–H groups in total. The minimum Gasteiger partial charge on any atom is -0.456 e. The van der Waals surface area contributed by atoms with E-state index in [1.807, 2.05) is 66.7 Å². The van der Waals surface area contributed by atoms with Crippen LogP contribution in [0.25, 0.3) is 98.8 Å². The Kier molecular flexibility index (Phi) is 3.99. The largest absolute Gasteiger partial charge is 0.456 e. The van der Waals surface area contributed by atoms with E-state index in [0.717, 1.165) is 55.0 Å². The lowest BCUT2D eigenvalue weighted by Crippen LogP contribution is -1.90. The van der Waals surface area contributed by atoms with Gasteiger partial charge in [-0.25, -0.2) is 0 Å². The third kappa shape index (κ3) is 4.47. The number of hydrogen-bond acceptors (Lipinski definition) is 1. The smallest absolute Gasteiger partial charge is 0.136 e. The fraction of sp³-hybridized carbons (Fsp3) is 0. The molecule has 0 aliphatic rings. The Morgan fingerprint density at radius 2 is 0.939 bits per heavy atom. The fourth-order valence-corrected chi connectivity index (χ4v) is 6.98. The molecule has 1 heterocycles. The molecule has 10 aromatic rings. The zero-order chi connectivity index (χ0) is 43.6. The second-order valence-electron chi connectivity index (χ2n) is 11.9. The first kappa shape index (κ1) is 17.6. The number of benzene rings is 9. The SMILES string of the molecule is [2H]c1c([2H])c([2H])c(-c2c3c([2H])c([2H])c([2H])c([2H])c3c(-c3ccc4cc(-c5ccc6oc7cccc(-c8ccccc8)c7c6c5)ccc4c3)c3c([2H])c([2H])c([2H])c([2H])c23)c([2H])c1[2H]. The molecular weight excluding hydrogens is 593 g/mol. The van der Waals surface area contributed by atoms with Crippen LogP contribution in [0.3, 0.4) is 0 Å². The Bertz CT molecular complexity index is 3510. The molecule has 10 rings (SSSR count). The highest BCUT2D eigenvalue weighted by atomic mass is 16.3. The van der Waals surface area contributed by atoms with Gasteiger partial charge < -0.3 is 4.42 Å². The topological polar surface area (TPSA) is 13.1 Å². The molecule has 49 heavy (non-hydrogen) atoms. The van der Waals surface area contributed by atoms with E-state index in [1.54, 1.807) is 12.1 Å². The van der Waals surface area contributed by atoms with E-state index in [9.17, 15) is 5.48 Å². The minimum atomic E-state index is -0.711. The normalized spacial score (nSPS) is 15.4. The van der Waals surface area contributed by atoms with E-state index in [1.165, 1.54) is 0 Å². The minimum absolute atomic E-state index is 0.0857. The van der Waals surface area contributed by atoms with Gasteiger partial charge in [-0.3, -0.25) is 0 Å². The first-order valence-corrected chi connectivity index (χ1v) is 15.8. The van der Waals surface area contributed by atoms with Gasteiger partial charge in [-0.15, -0.1) is 0 Å². The zero-order valence-corrected chi connectivity index (χ0v) is 25.7. The van der Waals surface area contributed by atoms with Crippen LogP contribution < -0.4 is 0 Å². The second kappa shape index (κ2) is 11.1. The van der Waals surface area contributed by atoms with Crippen molar-refractivity contribution in [2.24, 2.45) is 0 Å². The highest BCUT2D eigenvalue weighted by molar-refractivity contribution is 6.22. The van der Waals surface area contributed by atoms with Crippen molar-refractivity contribution < 1.29 is 22.2 Å². The first-order chi connectivity index (χ1) is 29.7. The van der Waals surface area contributed by atoms with Crippen LogP contribution in [0.15, 0.2) is 186 Å². The van der Waals surface area contributed by atoms with Crippen molar-refractivity contribution in [3.05, 3.63) is 182 Å². The Hall–Kier alpha value is -6.44. The zero-order valence-electron chi connectivity index (χ0n) is 38.7. The van der Waals surface area contributed by atoms with E-state index in [2.05, 4.69) is 24.3 Å². The number of furan rings is 1. The summed E-state index contributed by atoms with van der Waals surface area (Å²) in [5.74, 6) is 0. The standard InChI is InChI=1S/C48H30O/c1-3-12-31(13-4-1)38-20-11-21-45-48(38)43-30-36(26-27-44(43)49-45)34-22-23-35-29-37(25-24-33(35)28-34)47-41-18-9-7-16-39(41)46(32-14-5-2-6-15-32)40-17-8-10-19-42(40)47/h1-30H/i2D,5D,6D,7D,8D,9D,10D,14D,15D,16D,17D,18D,19D. The van der Waals surface area contributed by atoms with Gasteiger partial charge >= 0.3 is 0 Å². The van der Waals surface area contributed by atoms with Crippen LogP contribution in [-0.2, 0) is 0 Å². The van der Waals surface area contributed by atoms with Crippen LogP contribution in [0.1, 0.15) is 17.8 Å². The quantitative estimate of drug-likeness (QED) is 0.175. The van der Waals surface area contributed by atoms with E-state index in [-0.39, 0.29) is 32.7 Å². The van der Waals surface area contributed by atoms with Crippen molar-refractivity contribution >= 4 is 54.3 Å². The van der Waals surface area contributed by atoms with Gasteiger partial charge in [0.2, 0.25) is 0 Å². The maximum Gasteiger partial charge on any atom is 0.136 e. The summed E-state index contributed by atoms with van der Waals surface area (Å²) >= 11 is 0. The van der Waals surface area contributed by atoms with Crippen LogP contribution in [-0.4, -0.2) is 0 Å². The Balaban J connectivity index is 1.24. The maximum absolute atomic E-state index is 9.25. The summed E-state index contributed by atoms with van der Waals surface area (Å²) < 4.78 is 121. The Morgan fingerprint density at radius 1 is 0.367 bits per heavy atom. The highest BCUT2D eigenvalue weighted by Gasteiger charge is 2.17. The van der Waals surface area contributed by atoms with Gasteiger partial charge in [0.05, 0.1) is 17.8 Å². The number of fused-ring (bicyclic) bond motifs is 6. The van der Waals surface area contributed by atoms with Crippen molar-refractivity contribution in [1.82, 2.24) is 0 Å². The molecule has 0 aliphatic carbocycles. The Labute approximate surface area is 302 Å². The molecule has 1 heteroatoms. The molecule has 0 radical (unpaired) electrons. The predicted octanol–water partition coefficient (Wildman–Crippen LogP) is 13.7. The van der Waals surface area contributed by atoms with Gasteiger partial charge in [0.15, 0.2) is 0 Å². The molecule has 1 aromatic heterocycles. The van der Waals surface area contributed by atoms with Crippen LogP contribution in [0.2, 0.25) is 0 Å². The van der Waals surface area contributed by atoms with Crippen LogP contribution in [0.4, 0.5) is 0 Å². The summed E-state index contributed by atoms with van der Waals surface area (Å²) in [5, 5.41) is 2.79. The first-order valence-electron chi connectivity index (χ1n) is 22.3. The summed E-state index contributed by atoms with van der Waals surface area (Å²) in [6.45, 7) is 0. The van der Waals surface area contributed by atoms with Crippen molar-refractivity contribution in [2.45, 2.75) is 0 Å². The summed E-state index contributed by atoms with van der Waals surface area (Å²) in [5.41, 5.74) is 5.23. The van der Waals surface area contributed by atoms with E-state index >= 15 is 0 Å². The molecule has 0 bridgehead atoms. The van der Waals surface area contributed by atoms with Crippen molar-refractivity contribution in [2.75, 3.05) is 0 Å². The molecule has 0 saturated carbocycles.